The van der Waals surface area contributed by atoms with Crippen molar-refractivity contribution in [2.24, 2.45) is 0 Å². The first-order valence-corrected chi connectivity index (χ1v) is 6.52. The Morgan fingerprint density at radius 3 is 1.55 bits per heavy atom. The van der Waals surface area contributed by atoms with Gasteiger partial charge in [0.05, 0.1) is 6.61 Å². The highest BCUT2D eigenvalue weighted by atomic mass is 19.1. The molecule has 106 valence electrons. The summed E-state index contributed by atoms with van der Waals surface area (Å²) < 4.78 is 29.0. The molecule has 0 unspecified atom stereocenters. The standard InChI is InChI=1S/C16H17FO3/c1-2-18-14-7-9-16(10-8-14)20-12-11-19-15-5-3-13(17)4-6-15/h3-10H,2,11-12H2,1H3. The van der Waals surface area contributed by atoms with E-state index in [1.165, 1.54) is 12.1 Å². The van der Waals surface area contributed by atoms with E-state index in [-0.39, 0.29) is 5.82 Å². The molecule has 2 aromatic carbocycles. The number of hydrogen-bond donors (Lipinski definition) is 0. The minimum Gasteiger partial charge on any atom is -0.494 e. The van der Waals surface area contributed by atoms with Crippen molar-refractivity contribution in [3.63, 3.8) is 0 Å². The zero-order chi connectivity index (χ0) is 14.2. The van der Waals surface area contributed by atoms with E-state index in [1.54, 1.807) is 12.1 Å². The Labute approximate surface area is 117 Å². The van der Waals surface area contributed by atoms with Crippen LogP contribution in [0.5, 0.6) is 17.2 Å². The highest BCUT2D eigenvalue weighted by Gasteiger charge is 1.97. The van der Waals surface area contributed by atoms with E-state index in [2.05, 4.69) is 0 Å². The third-order valence-corrected chi connectivity index (χ3v) is 2.57. The second-order valence-corrected chi connectivity index (χ2v) is 4.06. The van der Waals surface area contributed by atoms with E-state index in [9.17, 15) is 4.39 Å². The van der Waals surface area contributed by atoms with Crippen LogP contribution in [0.15, 0.2) is 48.5 Å². The Kier molecular flexibility index (Phi) is 5.24. The maximum atomic E-state index is 12.7. The average molecular weight is 276 g/mol. The molecule has 0 aliphatic heterocycles. The summed E-state index contributed by atoms with van der Waals surface area (Å²) in [5, 5.41) is 0. The van der Waals surface area contributed by atoms with E-state index in [0.717, 1.165) is 11.5 Å². The number of benzene rings is 2. The van der Waals surface area contributed by atoms with Crippen molar-refractivity contribution in [1.29, 1.82) is 0 Å². The van der Waals surface area contributed by atoms with Crippen LogP contribution >= 0.6 is 0 Å². The molecule has 0 aliphatic carbocycles. The summed E-state index contributed by atoms with van der Waals surface area (Å²) in [4.78, 5) is 0. The van der Waals surface area contributed by atoms with Gasteiger partial charge in [0.25, 0.3) is 0 Å². The molecular weight excluding hydrogens is 259 g/mol. The van der Waals surface area contributed by atoms with Gasteiger partial charge in [0.2, 0.25) is 0 Å². The quantitative estimate of drug-likeness (QED) is 0.722. The van der Waals surface area contributed by atoms with Gasteiger partial charge < -0.3 is 14.2 Å². The van der Waals surface area contributed by atoms with Crippen molar-refractivity contribution in [2.75, 3.05) is 19.8 Å². The molecule has 0 heterocycles. The van der Waals surface area contributed by atoms with Crippen molar-refractivity contribution in [3.8, 4) is 17.2 Å². The second kappa shape index (κ2) is 7.38. The van der Waals surface area contributed by atoms with Crippen molar-refractivity contribution in [2.45, 2.75) is 6.92 Å². The Hall–Kier alpha value is -2.23. The van der Waals surface area contributed by atoms with Gasteiger partial charge in [-0.1, -0.05) is 0 Å². The van der Waals surface area contributed by atoms with Crippen molar-refractivity contribution in [3.05, 3.63) is 54.3 Å². The van der Waals surface area contributed by atoms with Gasteiger partial charge in [-0.05, 0) is 55.5 Å². The lowest BCUT2D eigenvalue weighted by Gasteiger charge is -2.09. The molecule has 0 saturated carbocycles. The second-order valence-electron chi connectivity index (χ2n) is 4.06. The molecule has 2 aromatic rings. The van der Waals surface area contributed by atoms with E-state index >= 15 is 0 Å². The van der Waals surface area contributed by atoms with Crippen LogP contribution in [0.3, 0.4) is 0 Å². The molecule has 0 radical (unpaired) electrons. The van der Waals surface area contributed by atoms with E-state index < -0.39 is 0 Å². The van der Waals surface area contributed by atoms with Crippen LogP contribution in [-0.2, 0) is 0 Å². The van der Waals surface area contributed by atoms with Gasteiger partial charge in [-0.3, -0.25) is 0 Å². The molecule has 3 nitrogen and oxygen atoms in total. The number of ether oxygens (including phenoxy) is 3. The van der Waals surface area contributed by atoms with Crippen LogP contribution < -0.4 is 14.2 Å². The minimum atomic E-state index is -0.275. The van der Waals surface area contributed by atoms with Crippen LogP contribution in [-0.4, -0.2) is 19.8 Å². The summed E-state index contributed by atoms with van der Waals surface area (Å²) >= 11 is 0. The van der Waals surface area contributed by atoms with Gasteiger partial charge in [0.15, 0.2) is 0 Å². The van der Waals surface area contributed by atoms with Gasteiger partial charge in [0, 0.05) is 0 Å². The molecule has 0 saturated heterocycles. The zero-order valence-corrected chi connectivity index (χ0v) is 11.3. The molecule has 4 heteroatoms. The van der Waals surface area contributed by atoms with Crippen LogP contribution in [0.2, 0.25) is 0 Å². The number of rotatable bonds is 7. The molecule has 0 bridgehead atoms. The van der Waals surface area contributed by atoms with Crippen LogP contribution in [0.1, 0.15) is 6.92 Å². The fourth-order valence-electron chi connectivity index (χ4n) is 1.65. The fourth-order valence-corrected chi connectivity index (χ4v) is 1.65. The molecule has 0 aliphatic rings. The molecule has 0 N–H and O–H groups in total. The van der Waals surface area contributed by atoms with Crippen LogP contribution in [0.4, 0.5) is 4.39 Å². The number of hydrogen-bond acceptors (Lipinski definition) is 3. The number of halogens is 1. The smallest absolute Gasteiger partial charge is 0.123 e. The Bertz CT molecular complexity index is 508. The molecular formula is C16H17FO3. The Morgan fingerprint density at radius 2 is 1.10 bits per heavy atom. The van der Waals surface area contributed by atoms with Gasteiger partial charge in [-0.2, -0.15) is 0 Å². The molecule has 0 aromatic heterocycles. The van der Waals surface area contributed by atoms with E-state index in [4.69, 9.17) is 14.2 Å². The minimum absolute atomic E-state index is 0.275. The first-order chi connectivity index (χ1) is 9.78. The third kappa shape index (κ3) is 4.46. The lowest BCUT2D eigenvalue weighted by atomic mass is 10.3. The van der Waals surface area contributed by atoms with Crippen LogP contribution in [0, 0.1) is 5.82 Å². The van der Waals surface area contributed by atoms with Gasteiger partial charge >= 0.3 is 0 Å². The Morgan fingerprint density at radius 1 is 0.700 bits per heavy atom. The first-order valence-electron chi connectivity index (χ1n) is 6.52. The fraction of sp³-hybridized carbons (Fsp3) is 0.250. The molecule has 0 spiro atoms. The largest absolute Gasteiger partial charge is 0.494 e. The predicted molar refractivity (Wildman–Crippen MR) is 75.0 cm³/mol. The molecule has 2 rings (SSSR count). The van der Waals surface area contributed by atoms with E-state index in [1.807, 2.05) is 31.2 Å². The lowest BCUT2D eigenvalue weighted by Crippen LogP contribution is -2.08. The summed E-state index contributed by atoms with van der Waals surface area (Å²) in [5.41, 5.74) is 0. The molecule has 0 atom stereocenters. The topological polar surface area (TPSA) is 27.7 Å². The maximum Gasteiger partial charge on any atom is 0.123 e. The van der Waals surface area contributed by atoms with Crippen molar-refractivity contribution >= 4 is 0 Å². The molecule has 0 amide bonds. The summed E-state index contributed by atoms with van der Waals surface area (Å²) in [7, 11) is 0. The summed E-state index contributed by atoms with van der Waals surface area (Å²) in [6.07, 6.45) is 0. The van der Waals surface area contributed by atoms with E-state index in [0.29, 0.717) is 25.6 Å². The van der Waals surface area contributed by atoms with Crippen molar-refractivity contribution in [1.82, 2.24) is 0 Å². The highest BCUT2D eigenvalue weighted by Crippen LogP contribution is 2.17. The van der Waals surface area contributed by atoms with Crippen molar-refractivity contribution < 1.29 is 18.6 Å². The Balaban J connectivity index is 1.71. The maximum absolute atomic E-state index is 12.7. The zero-order valence-electron chi connectivity index (χ0n) is 11.3. The average Bonchev–Trinajstić information content (AvgIpc) is 2.47. The van der Waals surface area contributed by atoms with Gasteiger partial charge in [-0.25, -0.2) is 4.39 Å². The predicted octanol–water partition coefficient (Wildman–Crippen LogP) is 3.68. The normalized spacial score (nSPS) is 10.1. The molecule has 20 heavy (non-hydrogen) atoms. The van der Waals surface area contributed by atoms with Crippen LogP contribution in [0.25, 0.3) is 0 Å². The van der Waals surface area contributed by atoms with Gasteiger partial charge in [-0.15, -0.1) is 0 Å². The SMILES string of the molecule is CCOc1ccc(OCCOc2ccc(F)cc2)cc1. The first kappa shape index (κ1) is 14.2. The lowest BCUT2D eigenvalue weighted by molar-refractivity contribution is 0.217. The highest BCUT2D eigenvalue weighted by molar-refractivity contribution is 5.31. The molecule has 0 fully saturated rings. The summed E-state index contributed by atoms with van der Waals surface area (Å²) in [6, 6.07) is 13.3. The summed E-state index contributed by atoms with van der Waals surface area (Å²) in [6.45, 7) is 3.41. The monoisotopic (exact) mass is 276 g/mol. The van der Waals surface area contributed by atoms with Gasteiger partial charge in [0.1, 0.15) is 36.3 Å². The third-order valence-electron chi connectivity index (χ3n) is 2.57. The summed E-state index contributed by atoms with van der Waals surface area (Å²) in [5.74, 6) is 1.93.